The molecule has 0 bridgehead atoms. The maximum absolute atomic E-state index is 12.7. The van der Waals surface area contributed by atoms with E-state index in [1.807, 2.05) is 17.7 Å². The van der Waals surface area contributed by atoms with E-state index in [-0.39, 0.29) is 36.5 Å². The van der Waals surface area contributed by atoms with Crippen LogP contribution in [0.15, 0.2) is 6.07 Å². The summed E-state index contributed by atoms with van der Waals surface area (Å²) in [5.41, 5.74) is 0.888. The van der Waals surface area contributed by atoms with Gasteiger partial charge < -0.3 is 9.64 Å². The lowest BCUT2D eigenvalue weighted by molar-refractivity contribution is -0.151. The molecule has 1 saturated heterocycles. The van der Waals surface area contributed by atoms with Crippen LogP contribution in [0.5, 0.6) is 0 Å². The average molecular weight is 376 g/mol. The molecule has 0 N–H and O–H groups in total. The Kier molecular flexibility index (Phi) is 6.13. The molecule has 0 saturated carbocycles. The van der Waals surface area contributed by atoms with Crippen LogP contribution in [0.4, 0.5) is 5.82 Å². The number of nitrogens with zero attached hydrogens (tertiary/aromatic N) is 4. The van der Waals surface area contributed by atoms with Crippen LogP contribution in [-0.2, 0) is 25.7 Å². The molecule has 0 aliphatic carbocycles. The zero-order chi connectivity index (χ0) is 19.4. The molecule has 27 heavy (non-hydrogen) atoms. The monoisotopic (exact) mass is 376 g/mol. The van der Waals surface area contributed by atoms with Crippen molar-refractivity contribution in [1.29, 1.82) is 0 Å². The van der Waals surface area contributed by atoms with E-state index >= 15 is 0 Å². The Morgan fingerprint density at radius 2 is 1.93 bits per heavy atom. The average Bonchev–Trinajstić information content (AvgIpc) is 3.06. The molecule has 1 aromatic heterocycles. The Morgan fingerprint density at radius 1 is 1.15 bits per heavy atom. The Bertz CT molecular complexity index is 715. The summed E-state index contributed by atoms with van der Waals surface area (Å²) < 4.78 is 6.93. The number of aromatic nitrogens is 2. The van der Waals surface area contributed by atoms with Crippen LogP contribution < -0.4 is 4.90 Å². The molecule has 148 valence electrons. The molecule has 2 aliphatic rings. The van der Waals surface area contributed by atoms with Gasteiger partial charge in [0, 0.05) is 45.1 Å². The number of carbonyl (C=O) groups excluding carboxylic acids is 3. The predicted octanol–water partition coefficient (Wildman–Crippen LogP) is 1.51. The minimum Gasteiger partial charge on any atom is -0.466 e. The molecule has 2 aliphatic heterocycles. The van der Waals surface area contributed by atoms with E-state index in [0.29, 0.717) is 26.2 Å². The quantitative estimate of drug-likeness (QED) is 0.727. The highest BCUT2D eigenvalue weighted by Crippen LogP contribution is 2.23. The van der Waals surface area contributed by atoms with Gasteiger partial charge in [0.25, 0.3) is 0 Å². The summed E-state index contributed by atoms with van der Waals surface area (Å²) in [5.74, 6) is 0.208. The maximum Gasteiger partial charge on any atom is 0.310 e. The van der Waals surface area contributed by atoms with Crippen molar-refractivity contribution in [2.24, 2.45) is 5.92 Å². The number of ether oxygens (including phenoxy) is 1. The topological polar surface area (TPSA) is 84.7 Å². The van der Waals surface area contributed by atoms with Crippen molar-refractivity contribution in [3.05, 3.63) is 11.8 Å². The molecule has 1 atom stereocenters. The standard InChI is InChI=1S/C19H28N4O4/c1-3-27-19(26)15-6-4-9-21(13-15)17(24)7-8-18(25)22-10-5-11-23-16(22)12-14(2)20-23/h12,15H,3-11,13H2,1-2H3/t15-/m0/s1. The molecule has 1 aromatic rings. The molecule has 1 fully saturated rings. The number of hydrogen-bond donors (Lipinski definition) is 0. The lowest BCUT2D eigenvalue weighted by Gasteiger charge is -2.32. The number of amides is 2. The number of fused-ring (bicyclic) bond motifs is 1. The normalized spacial score (nSPS) is 19.6. The van der Waals surface area contributed by atoms with Crippen molar-refractivity contribution >= 4 is 23.6 Å². The Labute approximate surface area is 159 Å². The van der Waals surface area contributed by atoms with E-state index in [2.05, 4.69) is 5.10 Å². The van der Waals surface area contributed by atoms with E-state index < -0.39 is 0 Å². The summed E-state index contributed by atoms with van der Waals surface area (Å²) in [5, 5.41) is 4.40. The molecule has 2 amide bonds. The van der Waals surface area contributed by atoms with Crippen molar-refractivity contribution in [2.75, 3.05) is 31.1 Å². The van der Waals surface area contributed by atoms with E-state index in [4.69, 9.17) is 4.74 Å². The van der Waals surface area contributed by atoms with Gasteiger partial charge in [0.05, 0.1) is 18.2 Å². The molecular weight excluding hydrogens is 348 g/mol. The minimum atomic E-state index is -0.252. The fourth-order valence-corrected chi connectivity index (χ4v) is 3.82. The number of rotatable bonds is 5. The number of hydrogen-bond acceptors (Lipinski definition) is 5. The van der Waals surface area contributed by atoms with Gasteiger partial charge in [-0.15, -0.1) is 0 Å². The zero-order valence-corrected chi connectivity index (χ0v) is 16.1. The molecule has 8 heteroatoms. The zero-order valence-electron chi connectivity index (χ0n) is 16.1. The highest BCUT2D eigenvalue weighted by atomic mass is 16.5. The van der Waals surface area contributed by atoms with E-state index in [0.717, 1.165) is 37.3 Å². The molecule has 0 unspecified atom stereocenters. The van der Waals surface area contributed by atoms with E-state index in [1.54, 1.807) is 16.7 Å². The van der Waals surface area contributed by atoms with Crippen LogP contribution in [0.2, 0.25) is 0 Å². The van der Waals surface area contributed by atoms with Crippen LogP contribution in [-0.4, -0.2) is 58.7 Å². The summed E-state index contributed by atoms with van der Waals surface area (Å²) in [6.07, 6.45) is 2.73. The van der Waals surface area contributed by atoms with Gasteiger partial charge in [-0.1, -0.05) is 0 Å². The van der Waals surface area contributed by atoms with Gasteiger partial charge in [-0.3, -0.25) is 19.3 Å². The van der Waals surface area contributed by atoms with Crippen LogP contribution in [0.1, 0.15) is 44.7 Å². The molecule has 3 rings (SSSR count). The molecule has 0 spiro atoms. The highest BCUT2D eigenvalue weighted by molar-refractivity contribution is 5.95. The summed E-state index contributed by atoms with van der Waals surface area (Å²) in [7, 11) is 0. The first-order valence-corrected chi connectivity index (χ1v) is 9.78. The second-order valence-corrected chi connectivity index (χ2v) is 7.20. The van der Waals surface area contributed by atoms with Crippen molar-refractivity contribution in [1.82, 2.24) is 14.7 Å². The Morgan fingerprint density at radius 3 is 2.70 bits per heavy atom. The third-order valence-electron chi connectivity index (χ3n) is 5.16. The minimum absolute atomic E-state index is 0.0526. The first-order chi connectivity index (χ1) is 13.0. The van der Waals surface area contributed by atoms with Gasteiger partial charge in [-0.25, -0.2) is 4.68 Å². The van der Waals surface area contributed by atoms with Gasteiger partial charge in [-0.2, -0.15) is 5.10 Å². The molecule has 0 aromatic carbocycles. The summed E-state index contributed by atoms with van der Waals surface area (Å²) in [4.78, 5) is 40.6. The second kappa shape index (κ2) is 8.54. The van der Waals surface area contributed by atoms with Crippen LogP contribution in [0, 0.1) is 12.8 Å². The third kappa shape index (κ3) is 4.48. The number of likely N-dealkylation sites (tertiary alicyclic amines) is 1. The predicted molar refractivity (Wildman–Crippen MR) is 99.1 cm³/mol. The number of esters is 1. The van der Waals surface area contributed by atoms with Gasteiger partial charge in [0.1, 0.15) is 5.82 Å². The smallest absolute Gasteiger partial charge is 0.310 e. The summed E-state index contributed by atoms with van der Waals surface area (Å²) >= 11 is 0. The molecule has 3 heterocycles. The van der Waals surface area contributed by atoms with Crippen LogP contribution in [0.3, 0.4) is 0 Å². The summed E-state index contributed by atoms with van der Waals surface area (Å²) in [6, 6.07) is 1.91. The van der Waals surface area contributed by atoms with E-state index in [9.17, 15) is 14.4 Å². The molecule has 0 radical (unpaired) electrons. The largest absolute Gasteiger partial charge is 0.466 e. The van der Waals surface area contributed by atoms with Crippen molar-refractivity contribution < 1.29 is 19.1 Å². The van der Waals surface area contributed by atoms with Crippen LogP contribution in [0.25, 0.3) is 0 Å². The molecule has 8 nitrogen and oxygen atoms in total. The van der Waals surface area contributed by atoms with Crippen LogP contribution >= 0.6 is 0 Å². The first-order valence-electron chi connectivity index (χ1n) is 9.78. The second-order valence-electron chi connectivity index (χ2n) is 7.20. The van der Waals surface area contributed by atoms with E-state index in [1.165, 1.54) is 0 Å². The number of carbonyl (C=O) groups is 3. The lowest BCUT2D eigenvalue weighted by atomic mass is 9.98. The number of anilines is 1. The van der Waals surface area contributed by atoms with Gasteiger partial charge >= 0.3 is 5.97 Å². The summed E-state index contributed by atoms with van der Waals surface area (Å²) in [6.45, 7) is 6.54. The van der Waals surface area contributed by atoms with Gasteiger partial charge in [0.2, 0.25) is 11.8 Å². The Hall–Kier alpha value is -2.38. The Balaban J connectivity index is 1.53. The lowest BCUT2D eigenvalue weighted by Crippen LogP contribution is -2.43. The molecular formula is C19H28N4O4. The fourth-order valence-electron chi connectivity index (χ4n) is 3.82. The van der Waals surface area contributed by atoms with Crippen molar-refractivity contribution in [3.8, 4) is 0 Å². The first kappa shape index (κ1) is 19.4. The number of piperidine rings is 1. The third-order valence-corrected chi connectivity index (χ3v) is 5.16. The van der Waals surface area contributed by atoms with Crippen molar-refractivity contribution in [3.63, 3.8) is 0 Å². The van der Waals surface area contributed by atoms with Gasteiger partial charge in [-0.05, 0) is 33.1 Å². The fraction of sp³-hybridized carbons (Fsp3) is 0.684. The van der Waals surface area contributed by atoms with Crippen molar-refractivity contribution in [2.45, 2.75) is 52.5 Å². The number of aryl methyl sites for hydroxylation is 2. The maximum atomic E-state index is 12.7. The highest BCUT2D eigenvalue weighted by Gasteiger charge is 2.30. The SMILES string of the molecule is CCOC(=O)[C@H]1CCCN(C(=O)CCC(=O)N2CCCn3nc(C)cc32)C1. The van der Waals surface area contributed by atoms with Gasteiger partial charge in [0.15, 0.2) is 0 Å².